The van der Waals surface area contributed by atoms with Gasteiger partial charge in [-0.05, 0) is 31.0 Å². The van der Waals surface area contributed by atoms with E-state index in [1.54, 1.807) is 13.4 Å². The van der Waals surface area contributed by atoms with Crippen LogP contribution in [0.3, 0.4) is 0 Å². The number of ether oxygens (including phenoxy) is 1. The van der Waals surface area contributed by atoms with Crippen molar-refractivity contribution >= 4 is 16.7 Å². The Kier molecular flexibility index (Phi) is 2.96. The summed E-state index contributed by atoms with van der Waals surface area (Å²) in [4.78, 5) is 8.71. The third kappa shape index (κ3) is 2.07. The van der Waals surface area contributed by atoms with Crippen LogP contribution in [0.4, 0.5) is 5.82 Å². The van der Waals surface area contributed by atoms with Crippen molar-refractivity contribution in [2.45, 2.75) is 18.4 Å². The number of hydrogen-bond donors (Lipinski definition) is 1. The number of methoxy groups -OCH3 is 1. The van der Waals surface area contributed by atoms with Gasteiger partial charge >= 0.3 is 0 Å². The molecule has 2 aromatic heterocycles. The summed E-state index contributed by atoms with van der Waals surface area (Å²) in [6.45, 7) is 0.791. The standard InChI is InChI=1S/C16H17N5O/c1-22-13-5-2-4-12-14(13)15(19-11-18-12)17-10-16(6-7-16)21-9-3-8-20-21/h2-5,8-9,11H,6-7,10H2,1H3,(H,17,18,19). The molecule has 3 aromatic rings. The predicted molar refractivity (Wildman–Crippen MR) is 84.0 cm³/mol. The number of nitrogens with zero attached hydrogens (tertiary/aromatic N) is 4. The first-order valence-electron chi connectivity index (χ1n) is 7.34. The molecule has 1 aromatic carbocycles. The molecule has 1 aliphatic rings. The van der Waals surface area contributed by atoms with Gasteiger partial charge in [-0.25, -0.2) is 9.97 Å². The Balaban J connectivity index is 1.65. The average Bonchev–Trinajstić information content (AvgIpc) is 3.15. The summed E-state index contributed by atoms with van der Waals surface area (Å²) < 4.78 is 7.49. The maximum Gasteiger partial charge on any atom is 0.141 e. The molecule has 1 N–H and O–H groups in total. The highest BCUT2D eigenvalue weighted by molar-refractivity contribution is 5.94. The van der Waals surface area contributed by atoms with Crippen LogP contribution in [0, 0.1) is 0 Å². The molecule has 1 saturated carbocycles. The van der Waals surface area contributed by atoms with Crippen LogP contribution in [-0.2, 0) is 5.54 Å². The highest BCUT2D eigenvalue weighted by Gasteiger charge is 2.45. The normalized spacial score (nSPS) is 15.7. The molecule has 0 spiro atoms. The van der Waals surface area contributed by atoms with E-state index in [-0.39, 0.29) is 5.54 Å². The van der Waals surface area contributed by atoms with Crippen LogP contribution in [0.15, 0.2) is 43.0 Å². The van der Waals surface area contributed by atoms with E-state index in [0.717, 1.165) is 41.9 Å². The van der Waals surface area contributed by atoms with Crippen LogP contribution in [-0.4, -0.2) is 33.4 Å². The van der Waals surface area contributed by atoms with Gasteiger partial charge in [0, 0.05) is 18.9 Å². The van der Waals surface area contributed by atoms with Gasteiger partial charge in [0.1, 0.15) is 17.9 Å². The van der Waals surface area contributed by atoms with Crippen LogP contribution >= 0.6 is 0 Å². The van der Waals surface area contributed by atoms with Crippen LogP contribution in [0.1, 0.15) is 12.8 Å². The van der Waals surface area contributed by atoms with Crippen molar-refractivity contribution in [3.63, 3.8) is 0 Å². The highest BCUT2D eigenvalue weighted by atomic mass is 16.5. The van der Waals surface area contributed by atoms with E-state index < -0.39 is 0 Å². The maximum absolute atomic E-state index is 5.45. The van der Waals surface area contributed by atoms with E-state index in [2.05, 4.69) is 20.4 Å². The van der Waals surface area contributed by atoms with Crippen molar-refractivity contribution < 1.29 is 4.74 Å². The largest absolute Gasteiger partial charge is 0.496 e. The molecule has 0 bridgehead atoms. The average molecular weight is 295 g/mol. The Hall–Kier alpha value is -2.63. The van der Waals surface area contributed by atoms with Crippen LogP contribution in [0.25, 0.3) is 10.9 Å². The van der Waals surface area contributed by atoms with Crippen LogP contribution in [0.5, 0.6) is 5.75 Å². The first kappa shape index (κ1) is 13.1. The number of rotatable bonds is 5. The topological polar surface area (TPSA) is 64.9 Å². The molecular formula is C16H17N5O. The second-order valence-corrected chi connectivity index (χ2v) is 5.61. The Morgan fingerprint density at radius 3 is 2.91 bits per heavy atom. The van der Waals surface area contributed by atoms with Gasteiger partial charge in [0.15, 0.2) is 0 Å². The molecule has 1 aliphatic carbocycles. The third-order valence-electron chi connectivity index (χ3n) is 4.25. The molecule has 1 fully saturated rings. The highest BCUT2D eigenvalue weighted by Crippen LogP contribution is 2.43. The zero-order chi connectivity index (χ0) is 15.0. The smallest absolute Gasteiger partial charge is 0.141 e. The quantitative estimate of drug-likeness (QED) is 0.783. The summed E-state index contributed by atoms with van der Waals surface area (Å²) in [5.74, 6) is 1.59. The van der Waals surface area contributed by atoms with Crippen molar-refractivity contribution in [3.05, 3.63) is 43.0 Å². The van der Waals surface area contributed by atoms with Crippen molar-refractivity contribution in [2.24, 2.45) is 0 Å². The fourth-order valence-electron chi connectivity index (χ4n) is 2.81. The monoisotopic (exact) mass is 295 g/mol. The molecule has 0 unspecified atom stereocenters. The van der Waals surface area contributed by atoms with E-state index >= 15 is 0 Å². The summed E-state index contributed by atoms with van der Waals surface area (Å²) in [5, 5.41) is 8.76. The molecule has 0 atom stereocenters. The zero-order valence-electron chi connectivity index (χ0n) is 12.4. The Morgan fingerprint density at radius 1 is 1.27 bits per heavy atom. The molecule has 6 heteroatoms. The number of aromatic nitrogens is 4. The lowest BCUT2D eigenvalue weighted by molar-refractivity contribution is 0.419. The second-order valence-electron chi connectivity index (χ2n) is 5.61. The Morgan fingerprint density at radius 2 is 2.18 bits per heavy atom. The second kappa shape index (κ2) is 4.98. The van der Waals surface area contributed by atoms with E-state index in [0.29, 0.717) is 0 Å². The fraction of sp³-hybridized carbons (Fsp3) is 0.312. The summed E-state index contributed by atoms with van der Waals surface area (Å²) in [5.41, 5.74) is 0.948. The van der Waals surface area contributed by atoms with Crippen molar-refractivity contribution in [1.29, 1.82) is 0 Å². The van der Waals surface area contributed by atoms with Gasteiger partial charge in [-0.2, -0.15) is 5.10 Å². The summed E-state index contributed by atoms with van der Waals surface area (Å²) >= 11 is 0. The molecule has 22 heavy (non-hydrogen) atoms. The SMILES string of the molecule is COc1cccc2ncnc(NCC3(n4cccn4)CC3)c12. The molecule has 2 heterocycles. The molecular weight excluding hydrogens is 278 g/mol. The van der Waals surface area contributed by atoms with E-state index in [4.69, 9.17) is 4.74 Å². The minimum absolute atomic E-state index is 0.0722. The molecule has 0 aliphatic heterocycles. The molecule has 0 amide bonds. The van der Waals surface area contributed by atoms with E-state index in [1.807, 2.05) is 41.3 Å². The molecule has 4 rings (SSSR count). The van der Waals surface area contributed by atoms with Crippen LogP contribution in [0.2, 0.25) is 0 Å². The van der Waals surface area contributed by atoms with Gasteiger partial charge in [-0.3, -0.25) is 4.68 Å². The zero-order valence-corrected chi connectivity index (χ0v) is 12.4. The van der Waals surface area contributed by atoms with Gasteiger partial charge in [-0.1, -0.05) is 6.07 Å². The first-order valence-corrected chi connectivity index (χ1v) is 7.34. The number of fused-ring (bicyclic) bond motifs is 1. The number of nitrogens with one attached hydrogen (secondary N) is 1. The Labute approximate surface area is 128 Å². The van der Waals surface area contributed by atoms with E-state index in [1.165, 1.54) is 0 Å². The number of hydrogen-bond acceptors (Lipinski definition) is 5. The minimum atomic E-state index is 0.0722. The Bertz CT molecular complexity index is 790. The van der Waals surface area contributed by atoms with Gasteiger partial charge in [-0.15, -0.1) is 0 Å². The lowest BCUT2D eigenvalue weighted by Crippen LogP contribution is -2.27. The van der Waals surface area contributed by atoms with Crippen molar-refractivity contribution in [2.75, 3.05) is 19.0 Å². The summed E-state index contributed by atoms with van der Waals surface area (Å²) in [6.07, 6.45) is 7.68. The summed E-state index contributed by atoms with van der Waals surface area (Å²) in [7, 11) is 1.66. The van der Waals surface area contributed by atoms with Gasteiger partial charge in [0.05, 0.1) is 23.6 Å². The van der Waals surface area contributed by atoms with Gasteiger partial charge < -0.3 is 10.1 Å². The third-order valence-corrected chi connectivity index (χ3v) is 4.25. The predicted octanol–water partition coefficient (Wildman–Crippen LogP) is 2.44. The minimum Gasteiger partial charge on any atom is -0.496 e. The van der Waals surface area contributed by atoms with Gasteiger partial charge in [0.2, 0.25) is 0 Å². The lowest BCUT2D eigenvalue weighted by Gasteiger charge is -2.18. The van der Waals surface area contributed by atoms with Crippen LogP contribution < -0.4 is 10.1 Å². The van der Waals surface area contributed by atoms with Crippen molar-refractivity contribution in [1.82, 2.24) is 19.7 Å². The van der Waals surface area contributed by atoms with E-state index in [9.17, 15) is 0 Å². The number of benzene rings is 1. The maximum atomic E-state index is 5.45. The molecule has 6 nitrogen and oxygen atoms in total. The van der Waals surface area contributed by atoms with Gasteiger partial charge in [0.25, 0.3) is 0 Å². The fourth-order valence-corrected chi connectivity index (χ4v) is 2.81. The molecule has 0 radical (unpaired) electrons. The molecule has 0 saturated heterocycles. The first-order chi connectivity index (χ1) is 10.8. The van der Waals surface area contributed by atoms with Crippen molar-refractivity contribution in [3.8, 4) is 5.75 Å². The molecule has 112 valence electrons. The number of anilines is 1. The lowest BCUT2D eigenvalue weighted by atomic mass is 10.2. The summed E-state index contributed by atoms with van der Waals surface area (Å²) in [6, 6.07) is 7.79.